The molecule has 0 N–H and O–H groups in total. The summed E-state index contributed by atoms with van der Waals surface area (Å²) in [5.74, 6) is 0.619. The number of sulfonamides is 1. The quantitative estimate of drug-likeness (QED) is 0.670. The van der Waals surface area contributed by atoms with E-state index in [-0.39, 0.29) is 41.8 Å². The lowest BCUT2D eigenvalue weighted by atomic mass is 10.1. The van der Waals surface area contributed by atoms with Crippen LogP contribution in [-0.2, 0) is 14.8 Å². The summed E-state index contributed by atoms with van der Waals surface area (Å²) in [6.45, 7) is 0.708. The molecular weight excluding hydrogens is 352 g/mol. The van der Waals surface area contributed by atoms with Crippen molar-refractivity contribution in [2.45, 2.75) is 12.5 Å². The Labute approximate surface area is 145 Å². The maximum absolute atomic E-state index is 12.2. The molecule has 1 aromatic rings. The predicted octanol–water partition coefficient (Wildman–Crippen LogP) is 1.16. The van der Waals surface area contributed by atoms with Crippen molar-refractivity contribution in [3.63, 3.8) is 0 Å². The zero-order valence-corrected chi connectivity index (χ0v) is 14.6. The molecule has 130 valence electrons. The van der Waals surface area contributed by atoms with Crippen LogP contribution in [0.5, 0.6) is 5.75 Å². The van der Waals surface area contributed by atoms with E-state index in [1.54, 1.807) is 0 Å². The Morgan fingerprint density at radius 2 is 1.88 bits per heavy atom. The highest BCUT2D eigenvalue weighted by molar-refractivity contribution is 8.14. The van der Waals surface area contributed by atoms with E-state index >= 15 is 0 Å². The molecule has 0 saturated carbocycles. The summed E-state index contributed by atoms with van der Waals surface area (Å²) in [7, 11) is -3.38. The minimum Gasteiger partial charge on any atom is -0.494 e. The number of thioether (sulfide) groups is 1. The summed E-state index contributed by atoms with van der Waals surface area (Å²) in [5.41, 5.74) is 0. The monoisotopic (exact) mass is 370 g/mol. The first-order valence-corrected chi connectivity index (χ1v) is 10.2. The number of para-hydroxylation sites is 1. The lowest BCUT2D eigenvalue weighted by molar-refractivity contribution is -0.127. The smallest absolute Gasteiger partial charge is 0.289 e. The van der Waals surface area contributed by atoms with Crippen molar-refractivity contribution in [1.29, 1.82) is 0 Å². The Bertz CT molecular complexity index is 701. The fourth-order valence-corrected chi connectivity index (χ4v) is 4.92. The highest BCUT2D eigenvalue weighted by atomic mass is 32.2. The number of benzene rings is 1. The van der Waals surface area contributed by atoms with E-state index in [1.165, 1.54) is 9.21 Å². The zero-order valence-electron chi connectivity index (χ0n) is 13.0. The highest BCUT2D eigenvalue weighted by Gasteiger charge is 2.45. The third-order valence-corrected chi connectivity index (χ3v) is 6.65. The third kappa shape index (κ3) is 3.73. The molecule has 2 aliphatic rings. The van der Waals surface area contributed by atoms with Crippen LogP contribution in [0, 0.1) is 0 Å². The maximum atomic E-state index is 12.2. The Hall–Kier alpha value is -1.58. The van der Waals surface area contributed by atoms with Gasteiger partial charge in [-0.2, -0.15) is 4.31 Å². The molecule has 24 heavy (non-hydrogen) atoms. The second-order valence-electron chi connectivity index (χ2n) is 5.62. The molecule has 2 saturated heterocycles. The van der Waals surface area contributed by atoms with E-state index in [0.29, 0.717) is 18.8 Å². The SMILES string of the molecule is O=C1CSC(=O)N1C1CN(S(=O)(=O)CCCOc2ccccc2)C1. The number of rotatable bonds is 7. The van der Waals surface area contributed by atoms with Crippen molar-refractivity contribution >= 4 is 32.9 Å². The van der Waals surface area contributed by atoms with Crippen LogP contribution in [0.15, 0.2) is 30.3 Å². The number of hydrogen-bond acceptors (Lipinski definition) is 6. The van der Waals surface area contributed by atoms with Gasteiger partial charge in [-0.25, -0.2) is 8.42 Å². The van der Waals surface area contributed by atoms with Gasteiger partial charge in [-0.1, -0.05) is 30.0 Å². The first-order valence-electron chi connectivity index (χ1n) is 7.62. The number of carbonyl (C=O) groups is 2. The van der Waals surface area contributed by atoms with Crippen molar-refractivity contribution in [3.8, 4) is 5.75 Å². The number of imide groups is 1. The number of amides is 2. The van der Waals surface area contributed by atoms with Gasteiger partial charge in [0.1, 0.15) is 5.75 Å². The molecule has 1 aromatic carbocycles. The van der Waals surface area contributed by atoms with Gasteiger partial charge in [0.15, 0.2) is 0 Å². The standard InChI is InChI=1S/C15H18N2O5S2/c18-14-11-23-15(19)17(14)12-9-16(10-12)24(20,21)8-4-7-22-13-5-2-1-3-6-13/h1-3,5-6,12H,4,7-11H2. The molecule has 2 amide bonds. The Kier molecular flexibility index (Phi) is 5.12. The van der Waals surface area contributed by atoms with Crippen molar-refractivity contribution in [3.05, 3.63) is 30.3 Å². The first kappa shape index (κ1) is 17.2. The van der Waals surface area contributed by atoms with Gasteiger partial charge >= 0.3 is 0 Å². The van der Waals surface area contributed by atoms with Gasteiger partial charge in [0.2, 0.25) is 15.9 Å². The average Bonchev–Trinajstić information content (AvgIpc) is 2.83. The molecule has 0 spiro atoms. The van der Waals surface area contributed by atoms with Crippen LogP contribution in [0.4, 0.5) is 4.79 Å². The van der Waals surface area contributed by atoms with Crippen LogP contribution < -0.4 is 4.74 Å². The van der Waals surface area contributed by atoms with Gasteiger partial charge in [-0.05, 0) is 18.6 Å². The van der Waals surface area contributed by atoms with E-state index < -0.39 is 10.0 Å². The maximum Gasteiger partial charge on any atom is 0.289 e. The van der Waals surface area contributed by atoms with E-state index in [0.717, 1.165) is 11.8 Å². The molecule has 3 rings (SSSR count). The van der Waals surface area contributed by atoms with E-state index in [1.807, 2.05) is 30.3 Å². The number of ether oxygens (including phenoxy) is 1. The minimum atomic E-state index is -3.38. The molecule has 2 aliphatic heterocycles. The highest BCUT2D eigenvalue weighted by Crippen LogP contribution is 2.27. The third-order valence-electron chi connectivity index (χ3n) is 3.93. The molecule has 9 heteroatoms. The fourth-order valence-electron chi connectivity index (χ4n) is 2.60. The lowest BCUT2D eigenvalue weighted by Gasteiger charge is -2.41. The normalized spacial score (nSPS) is 19.6. The minimum absolute atomic E-state index is 0.0107. The molecule has 0 radical (unpaired) electrons. The van der Waals surface area contributed by atoms with E-state index in [9.17, 15) is 18.0 Å². The lowest BCUT2D eigenvalue weighted by Crippen LogP contribution is -2.62. The van der Waals surface area contributed by atoms with Gasteiger partial charge in [-0.3, -0.25) is 14.5 Å². The number of nitrogens with zero attached hydrogens (tertiary/aromatic N) is 2. The Morgan fingerprint density at radius 3 is 2.50 bits per heavy atom. The van der Waals surface area contributed by atoms with Gasteiger partial charge in [0.05, 0.1) is 24.2 Å². The molecule has 0 unspecified atom stereocenters. The number of hydrogen-bond donors (Lipinski definition) is 0. The summed E-state index contributed by atoms with van der Waals surface area (Å²) >= 11 is 0.968. The van der Waals surface area contributed by atoms with E-state index in [4.69, 9.17) is 4.74 Å². The summed E-state index contributed by atoms with van der Waals surface area (Å²) < 4.78 is 31.3. The van der Waals surface area contributed by atoms with Crippen molar-refractivity contribution in [2.24, 2.45) is 0 Å². The second-order valence-corrected chi connectivity index (χ2v) is 8.64. The van der Waals surface area contributed by atoms with Crippen molar-refractivity contribution in [2.75, 3.05) is 31.2 Å². The average molecular weight is 370 g/mol. The second kappa shape index (κ2) is 7.12. The summed E-state index contributed by atoms with van der Waals surface area (Å²) in [6.07, 6.45) is 0.385. The van der Waals surface area contributed by atoms with Crippen LogP contribution >= 0.6 is 11.8 Å². The predicted molar refractivity (Wildman–Crippen MR) is 90.4 cm³/mol. The van der Waals surface area contributed by atoms with Gasteiger partial charge < -0.3 is 4.74 Å². The van der Waals surface area contributed by atoms with E-state index in [2.05, 4.69) is 0 Å². The topological polar surface area (TPSA) is 84.0 Å². The zero-order chi connectivity index (χ0) is 17.2. The largest absolute Gasteiger partial charge is 0.494 e. The molecule has 0 aliphatic carbocycles. The van der Waals surface area contributed by atoms with Gasteiger partial charge in [-0.15, -0.1) is 0 Å². The van der Waals surface area contributed by atoms with Gasteiger partial charge in [0.25, 0.3) is 5.24 Å². The summed E-state index contributed by atoms with van der Waals surface area (Å²) in [5, 5.41) is -0.279. The summed E-state index contributed by atoms with van der Waals surface area (Å²) in [4.78, 5) is 24.4. The Morgan fingerprint density at radius 1 is 1.17 bits per heavy atom. The first-order chi connectivity index (χ1) is 11.5. The van der Waals surface area contributed by atoms with Crippen molar-refractivity contribution < 1.29 is 22.7 Å². The molecular formula is C15H18N2O5S2. The molecule has 2 fully saturated rings. The molecule has 7 nitrogen and oxygen atoms in total. The van der Waals surface area contributed by atoms with Gasteiger partial charge in [0, 0.05) is 13.1 Å². The fraction of sp³-hybridized carbons (Fsp3) is 0.467. The molecule has 0 atom stereocenters. The van der Waals surface area contributed by atoms with Crippen LogP contribution in [0.1, 0.15) is 6.42 Å². The number of carbonyl (C=O) groups excluding carboxylic acids is 2. The van der Waals surface area contributed by atoms with Crippen LogP contribution in [0.3, 0.4) is 0 Å². The summed E-state index contributed by atoms with van der Waals surface area (Å²) in [6, 6.07) is 8.89. The van der Waals surface area contributed by atoms with Crippen LogP contribution in [0.2, 0.25) is 0 Å². The Balaban J connectivity index is 1.42. The molecule has 0 bridgehead atoms. The van der Waals surface area contributed by atoms with Crippen LogP contribution in [-0.4, -0.2) is 66.0 Å². The molecule has 0 aromatic heterocycles. The molecule has 2 heterocycles. The van der Waals surface area contributed by atoms with Crippen LogP contribution in [0.25, 0.3) is 0 Å². The van der Waals surface area contributed by atoms with Crippen molar-refractivity contribution in [1.82, 2.24) is 9.21 Å².